The first-order chi connectivity index (χ1) is 12.1. The summed E-state index contributed by atoms with van der Waals surface area (Å²) in [6, 6.07) is 7.19. The third-order valence-electron chi connectivity index (χ3n) is 4.50. The predicted octanol–water partition coefficient (Wildman–Crippen LogP) is 3.56. The fraction of sp³-hybridized carbons (Fsp3) is 0.368. The minimum absolute atomic E-state index is 0.0321. The van der Waals surface area contributed by atoms with Gasteiger partial charge in [0.15, 0.2) is 0 Å². The SMILES string of the molecule is Cc1ccc(NC(=O)C2CCCCC2)c(NC(=O)c2ccnnc2)c1. The van der Waals surface area contributed by atoms with Crippen molar-refractivity contribution in [2.75, 3.05) is 10.6 Å². The number of aryl methyl sites for hydroxylation is 1. The largest absolute Gasteiger partial charge is 0.324 e. The molecule has 1 saturated carbocycles. The van der Waals surface area contributed by atoms with Gasteiger partial charge in [-0.25, -0.2) is 0 Å². The highest BCUT2D eigenvalue weighted by molar-refractivity contribution is 6.07. The molecular weight excluding hydrogens is 316 g/mol. The van der Waals surface area contributed by atoms with Gasteiger partial charge in [-0.1, -0.05) is 25.3 Å². The van der Waals surface area contributed by atoms with Crippen LogP contribution in [0.2, 0.25) is 0 Å². The first kappa shape index (κ1) is 17.1. The Hall–Kier alpha value is -2.76. The molecule has 1 aliphatic rings. The molecule has 0 bridgehead atoms. The van der Waals surface area contributed by atoms with Gasteiger partial charge in [0.1, 0.15) is 0 Å². The topological polar surface area (TPSA) is 84.0 Å². The van der Waals surface area contributed by atoms with Gasteiger partial charge in [0, 0.05) is 5.92 Å². The van der Waals surface area contributed by atoms with Crippen molar-refractivity contribution in [2.24, 2.45) is 5.92 Å². The van der Waals surface area contributed by atoms with E-state index in [0.717, 1.165) is 31.2 Å². The van der Waals surface area contributed by atoms with Crippen molar-refractivity contribution < 1.29 is 9.59 Å². The quantitative estimate of drug-likeness (QED) is 0.893. The van der Waals surface area contributed by atoms with Gasteiger partial charge >= 0.3 is 0 Å². The van der Waals surface area contributed by atoms with Crippen molar-refractivity contribution in [1.29, 1.82) is 0 Å². The van der Waals surface area contributed by atoms with Crippen molar-refractivity contribution in [3.8, 4) is 0 Å². The van der Waals surface area contributed by atoms with Gasteiger partial charge in [-0.3, -0.25) is 9.59 Å². The van der Waals surface area contributed by atoms with Crippen LogP contribution >= 0.6 is 0 Å². The number of benzene rings is 1. The van der Waals surface area contributed by atoms with Crippen LogP contribution in [-0.2, 0) is 4.79 Å². The zero-order valence-electron chi connectivity index (χ0n) is 14.3. The number of carbonyl (C=O) groups excluding carboxylic acids is 2. The zero-order chi connectivity index (χ0) is 17.6. The Labute approximate surface area is 147 Å². The van der Waals surface area contributed by atoms with E-state index in [2.05, 4.69) is 20.8 Å². The summed E-state index contributed by atoms with van der Waals surface area (Å²) < 4.78 is 0. The fourth-order valence-electron chi connectivity index (χ4n) is 3.09. The number of aromatic nitrogens is 2. The molecule has 2 N–H and O–H groups in total. The molecule has 1 aromatic carbocycles. The maximum atomic E-state index is 12.5. The van der Waals surface area contributed by atoms with Crippen LogP contribution in [-0.4, -0.2) is 22.0 Å². The normalized spacial score (nSPS) is 14.8. The van der Waals surface area contributed by atoms with Gasteiger partial charge in [0.25, 0.3) is 5.91 Å². The highest BCUT2D eigenvalue weighted by atomic mass is 16.2. The molecule has 0 radical (unpaired) electrons. The Balaban J connectivity index is 1.76. The minimum atomic E-state index is -0.284. The molecule has 25 heavy (non-hydrogen) atoms. The van der Waals surface area contributed by atoms with Crippen LogP contribution in [0.5, 0.6) is 0 Å². The first-order valence-corrected chi connectivity index (χ1v) is 8.63. The van der Waals surface area contributed by atoms with Crippen LogP contribution in [0.25, 0.3) is 0 Å². The first-order valence-electron chi connectivity index (χ1n) is 8.63. The van der Waals surface area contributed by atoms with E-state index in [0.29, 0.717) is 16.9 Å². The Morgan fingerprint density at radius 3 is 2.52 bits per heavy atom. The van der Waals surface area contributed by atoms with Crippen LogP contribution in [0.4, 0.5) is 11.4 Å². The summed E-state index contributed by atoms with van der Waals surface area (Å²) in [5, 5.41) is 13.2. The fourth-order valence-corrected chi connectivity index (χ4v) is 3.09. The van der Waals surface area contributed by atoms with Gasteiger partial charge in [0.2, 0.25) is 5.91 Å². The lowest BCUT2D eigenvalue weighted by Gasteiger charge is -2.21. The van der Waals surface area contributed by atoms with Gasteiger partial charge in [0.05, 0.1) is 29.3 Å². The van der Waals surface area contributed by atoms with Crippen molar-refractivity contribution >= 4 is 23.2 Å². The minimum Gasteiger partial charge on any atom is -0.324 e. The molecular formula is C19H22N4O2. The molecule has 130 valence electrons. The third-order valence-corrected chi connectivity index (χ3v) is 4.50. The Bertz CT molecular complexity index is 755. The van der Waals surface area contributed by atoms with Crippen LogP contribution in [0.15, 0.2) is 36.7 Å². The molecule has 2 aromatic rings. The van der Waals surface area contributed by atoms with Crippen LogP contribution < -0.4 is 10.6 Å². The average molecular weight is 338 g/mol. The van der Waals surface area contributed by atoms with Crippen LogP contribution in [0.1, 0.15) is 48.0 Å². The smallest absolute Gasteiger partial charge is 0.257 e. The van der Waals surface area contributed by atoms with Gasteiger partial charge in [-0.15, -0.1) is 0 Å². The predicted molar refractivity (Wildman–Crippen MR) is 96.4 cm³/mol. The number of hydrogen-bond donors (Lipinski definition) is 2. The second-order valence-corrected chi connectivity index (χ2v) is 6.46. The van der Waals surface area contributed by atoms with Crippen molar-refractivity contribution in [1.82, 2.24) is 10.2 Å². The Morgan fingerprint density at radius 1 is 1.00 bits per heavy atom. The lowest BCUT2D eigenvalue weighted by atomic mass is 9.88. The number of amides is 2. The highest BCUT2D eigenvalue weighted by Gasteiger charge is 2.22. The second-order valence-electron chi connectivity index (χ2n) is 6.46. The van der Waals surface area contributed by atoms with E-state index in [4.69, 9.17) is 0 Å². The zero-order valence-corrected chi connectivity index (χ0v) is 14.3. The molecule has 0 aliphatic heterocycles. The molecule has 0 unspecified atom stereocenters. The summed E-state index contributed by atoms with van der Waals surface area (Å²) in [5.41, 5.74) is 2.63. The van der Waals surface area contributed by atoms with E-state index in [-0.39, 0.29) is 17.7 Å². The Morgan fingerprint density at radius 2 is 1.80 bits per heavy atom. The van der Waals surface area contributed by atoms with E-state index in [1.165, 1.54) is 18.8 Å². The number of anilines is 2. The molecule has 1 heterocycles. The van der Waals surface area contributed by atoms with Crippen molar-refractivity contribution in [3.05, 3.63) is 47.8 Å². The monoisotopic (exact) mass is 338 g/mol. The number of rotatable bonds is 4. The van der Waals surface area contributed by atoms with Crippen molar-refractivity contribution in [3.63, 3.8) is 0 Å². The molecule has 0 spiro atoms. The van der Waals surface area contributed by atoms with E-state index in [1.807, 2.05) is 25.1 Å². The summed E-state index contributed by atoms with van der Waals surface area (Å²) >= 11 is 0. The summed E-state index contributed by atoms with van der Waals surface area (Å²) in [6.45, 7) is 1.94. The highest BCUT2D eigenvalue weighted by Crippen LogP contribution is 2.28. The lowest BCUT2D eigenvalue weighted by molar-refractivity contribution is -0.120. The number of nitrogens with one attached hydrogen (secondary N) is 2. The van der Waals surface area contributed by atoms with E-state index >= 15 is 0 Å². The molecule has 0 saturated heterocycles. The number of hydrogen-bond acceptors (Lipinski definition) is 4. The van der Waals surface area contributed by atoms with Gasteiger partial charge in [-0.05, 0) is 43.5 Å². The average Bonchev–Trinajstić information content (AvgIpc) is 2.65. The third kappa shape index (κ3) is 4.41. The summed E-state index contributed by atoms with van der Waals surface area (Å²) in [6.07, 6.45) is 8.15. The maximum absolute atomic E-state index is 12.5. The van der Waals surface area contributed by atoms with E-state index in [9.17, 15) is 9.59 Å². The molecule has 3 rings (SSSR count). The maximum Gasteiger partial charge on any atom is 0.257 e. The molecule has 6 nitrogen and oxygen atoms in total. The molecule has 2 amide bonds. The molecule has 1 fully saturated rings. The molecule has 6 heteroatoms. The Kier molecular flexibility index (Phi) is 5.38. The summed E-state index contributed by atoms with van der Waals surface area (Å²) in [5.74, 6) is -0.193. The lowest BCUT2D eigenvalue weighted by Crippen LogP contribution is -2.25. The molecule has 1 aliphatic carbocycles. The second kappa shape index (κ2) is 7.88. The number of carbonyl (C=O) groups is 2. The standard InChI is InChI=1S/C19H22N4O2/c1-13-7-8-16(22-18(24)14-5-3-2-4-6-14)17(11-13)23-19(25)15-9-10-20-21-12-15/h7-12,14H,2-6H2,1H3,(H,22,24)(H,23,25). The molecule has 0 atom stereocenters. The molecule has 1 aromatic heterocycles. The van der Waals surface area contributed by atoms with E-state index in [1.54, 1.807) is 6.07 Å². The van der Waals surface area contributed by atoms with Crippen molar-refractivity contribution in [2.45, 2.75) is 39.0 Å². The summed E-state index contributed by atoms with van der Waals surface area (Å²) in [4.78, 5) is 24.9. The van der Waals surface area contributed by atoms with Crippen LogP contribution in [0.3, 0.4) is 0 Å². The van der Waals surface area contributed by atoms with Crippen LogP contribution in [0, 0.1) is 12.8 Å². The van der Waals surface area contributed by atoms with Gasteiger partial charge < -0.3 is 10.6 Å². The van der Waals surface area contributed by atoms with E-state index < -0.39 is 0 Å². The summed E-state index contributed by atoms with van der Waals surface area (Å²) in [7, 11) is 0. The number of nitrogens with zero attached hydrogens (tertiary/aromatic N) is 2. The van der Waals surface area contributed by atoms with Gasteiger partial charge in [-0.2, -0.15) is 10.2 Å².